The molecule has 0 unspecified atom stereocenters. The molecule has 1 aliphatic rings. The highest BCUT2D eigenvalue weighted by Crippen LogP contribution is 2.30. The first-order chi connectivity index (χ1) is 13.8. The predicted octanol–water partition coefficient (Wildman–Crippen LogP) is 4.76. The van der Waals surface area contributed by atoms with Gasteiger partial charge in [-0.05, 0) is 49.1 Å². The molecule has 0 aliphatic carbocycles. The van der Waals surface area contributed by atoms with Crippen LogP contribution in [-0.2, 0) is 17.4 Å². The second-order valence-corrected chi connectivity index (χ2v) is 7.17. The van der Waals surface area contributed by atoms with Gasteiger partial charge in [0.1, 0.15) is 0 Å². The Morgan fingerprint density at radius 3 is 2.62 bits per heavy atom. The molecule has 0 aromatic heterocycles. The maximum Gasteiger partial charge on any atom is 0.416 e. The molecular weight excluding hydrogens is 381 g/mol. The van der Waals surface area contributed by atoms with Crippen molar-refractivity contribution in [2.75, 3.05) is 18.4 Å². The summed E-state index contributed by atoms with van der Waals surface area (Å²) in [5.41, 5.74) is 0.901. The van der Waals surface area contributed by atoms with E-state index in [9.17, 15) is 22.8 Å². The fourth-order valence-corrected chi connectivity index (χ4v) is 3.57. The average molecular weight is 404 g/mol. The number of carbonyl (C=O) groups excluding carboxylic acids is 2. The Bertz CT molecular complexity index is 896. The van der Waals surface area contributed by atoms with E-state index in [0.29, 0.717) is 19.4 Å². The first-order valence-electron chi connectivity index (χ1n) is 9.65. The summed E-state index contributed by atoms with van der Waals surface area (Å²) in [5, 5.41) is 2.93. The number of nitrogens with zero attached hydrogens (tertiary/aromatic N) is 1. The molecule has 1 saturated heterocycles. The zero-order valence-electron chi connectivity index (χ0n) is 16.1. The van der Waals surface area contributed by atoms with Crippen molar-refractivity contribution in [3.8, 4) is 0 Å². The Balaban J connectivity index is 1.70. The second-order valence-electron chi connectivity index (χ2n) is 7.17. The number of alkyl halides is 3. The third-order valence-corrected chi connectivity index (χ3v) is 5.17. The summed E-state index contributed by atoms with van der Waals surface area (Å²) in [5.74, 6) is -1.06. The van der Waals surface area contributed by atoms with Crippen LogP contribution in [0.25, 0.3) is 0 Å². The molecule has 1 fully saturated rings. The zero-order valence-corrected chi connectivity index (χ0v) is 16.1. The van der Waals surface area contributed by atoms with Crippen LogP contribution < -0.4 is 5.32 Å². The van der Waals surface area contributed by atoms with Crippen molar-refractivity contribution in [2.24, 2.45) is 5.92 Å². The van der Waals surface area contributed by atoms with Crippen LogP contribution in [0.1, 0.15) is 41.3 Å². The number of benzene rings is 2. The number of anilines is 1. The number of likely N-dealkylation sites (tertiary alicyclic amines) is 1. The molecule has 4 nitrogen and oxygen atoms in total. The average Bonchev–Trinajstić information content (AvgIpc) is 2.73. The van der Waals surface area contributed by atoms with Crippen LogP contribution in [-0.4, -0.2) is 29.8 Å². The van der Waals surface area contributed by atoms with Gasteiger partial charge in [-0.2, -0.15) is 13.2 Å². The molecule has 0 saturated carbocycles. The monoisotopic (exact) mass is 404 g/mol. The lowest BCUT2D eigenvalue weighted by Crippen LogP contribution is -2.43. The number of rotatable bonds is 4. The minimum Gasteiger partial charge on any atom is -0.338 e. The number of hydrogen-bond donors (Lipinski definition) is 1. The molecule has 7 heteroatoms. The maximum absolute atomic E-state index is 12.9. The number of para-hydroxylation sites is 1. The molecule has 1 aliphatic heterocycles. The number of aryl methyl sites for hydroxylation is 1. The van der Waals surface area contributed by atoms with E-state index in [2.05, 4.69) is 5.32 Å². The molecule has 1 N–H and O–H groups in total. The van der Waals surface area contributed by atoms with Crippen molar-refractivity contribution >= 4 is 17.5 Å². The number of halogens is 3. The van der Waals surface area contributed by atoms with Gasteiger partial charge in [0.25, 0.3) is 5.91 Å². The smallest absolute Gasteiger partial charge is 0.338 e. The quantitative estimate of drug-likeness (QED) is 0.799. The van der Waals surface area contributed by atoms with Crippen molar-refractivity contribution in [1.29, 1.82) is 0 Å². The highest BCUT2D eigenvalue weighted by molar-refractivity contribution is 5.96. The predicted molar refractivity (Wildman–Crippen MR) is 105 cm³/mol. The van der Waals surface area contributed by atoms with Crippen molar-refractivity contribution in [3.05, 3.63) is 65.2 Å². The fraction of sp³-hybridized carbons (Fsp3) is 0.364. The highest BCUT2D eigenvalue weighted by atomic mass is 19.4. The van der Waals surface area contributed by atoms with Crippen LogP contribution >= 0.6 is 0 Å². The number of piperidine rings is 1. The van der Waals surface area contributed by atoms with Crippen molar-refractivity contribution in [3.63, 3.8) is 0 Å². The molecule has 2 aromatic rings. The molecular formula is C22H23F3N2O2. The van der Waals surface area contributed by atoms with E-state index in [1.54, 1.807) is 0 Å². The summed E-state index contributed by atoms with van der Waals surface area (Å²) < 4.78 is 38.8. The minimum atomic E-state index is -4.51. The topological polar surface area (TPSA) is 49.4 Å². The molecule has 2 aromatic carbocycles. The lowest BCUT2D eigenvalue weighted by Gasteiger charge is -2.32. The zero-order chi connectivity index (χ0) is 21.0. The maximum atomic E-state index is 12.9. The summed E-state index contributed by atoms with van der Waals surface area (Å²) in [6.07, 6.45) is -2.47. The van der Waals surface area contributed by atoms with Crippen molar-refractivity contribution < 1.29 is 22.8 Å². The number of hydrogen-bond acceptors (Lipinski definition) is 2. The molecule has 1 atom stereocenters. The van der Waals surface area contributed by atoms with Gasteiger partial charge < -0.3 is 10.2 Å². The molecule has 0 radical (unpaired) electrons. The lowest BCUT2D eigenvalue weighted by molar-refractivity contribution is -0.137. The van der Waals surface area contributed by atoms with E-state index in [-0.39, 0.29) is 18.0 Å². The highest BCUT2D eigenvalue weighted by Gasteiger charge is 2.33. The standard InChI is InChI=1S/C22H23F3N2O2/c1-2-15-7-3-4-11-19(15)26-20(28)17-9-6-12-27(14-17)21(29)16-8-5-10-18(13-16)22(23,24)25/h3-5,7-8,10-11,13,17H,2,6,9,12,14H2,1H3,(H,26,28)/t17-/m0/s1. The third-order valence-electron chi connectivity index (χ3n) is 5.17. The number of carbonyl (C=O) groups is 2. The van der Waals surface area contributed by atoms with Crippen LogP contribution in [0.5, 0.6) is 0 Å². The van der Waals surface area contributed by atoms with Crippen LogP contribution in [0.2, 0.25) is 0 Å². The Hall–Kier alpha value is -2.83. The van der Waals surface area contributed by atoms with E-state index >= 15 is 0 Å². The van der Waals surface area contributed by atoms with Gasteiger partial charge >= 0.3 is 6.18 Å². The van der Waals surface area contributed by atoms with Gasteiger partial charge in [-0.3, -0.25) is 9.59 Å². The molecule has 154 valence electrons. The Morgan fingerprint density at radius 2 is 1.90 bits per heavy atom. The van der Waals surface area contributed by atoms with Crippen LogP contribution in [0.15, 0.2) is 48.5 Å². The molecule has 0 spiro atoms. The van der Waals surface area contributed by atoms with Gasteiger partial charge in [-0.25, -0.2) is 0 Å². The molecule has 3 rings (SSSR count). The first kappa shape index (κ1) is 20.9. The number of amides is 2. The minimum absolute atomic E-state index is 0.0165. The molecule has 1 heterocycles. The first-order valence-corrected chi connectivity index (χ1v) is 9.65. The van der Waals surface area contributed by atoms with Gasteiger partial charge in [0.05, 0.1) is 11.5 Å². The summed E-state index contributed by atoms with van der Waals surface area (Å²) in [6.45, 7) is 2.61. The largest absolute Gasteiger partial charge is 0.416 e. The van der Waals surface area contributed by atoms with Crippen molar-refractivity contribution in [2.45, 2.75) is 32.4 Å². The number of nitrogens with one attached hydrogen (secondary N) is 1. The summed E-state index contributed by atoms with van der Waals surface area (Å²) >= 11 is 0. The van der Waals surface area contributed by atoms with Crippen LogP contribution in [0.3, 0.4) is 0 Å². The van der Waals surface area contributed by atoms with Gasteiger partial charge in [0, 0.05) is 24.3 Å². The normalized spacial score (nSPS) is 17.1. The SMILES string of the molecule is CCc1ccccc1NC(=O)[C@H]1CCCN(C(=O)c2cccc(C(F)(F)F)c2)C1. The Morgan fingerprint density at radius 1 is 1.14 bits per heavy atom. The second kappa shape index (κ2) is 8.68. The fourth-order valence-electron chi connectivity index (χ4n) is 3.57. The molecule has 2 amide bonds. The van der Waals surface area contributed by atoms with E-state index in [0.717, 1.165) is 29.8 Å². The Kier molecular flexibility index (Phi) is 6.25. The van der Waals surface area contributed by atoms with Gasteiger partial charge in [0.15, 0.2) is 0 Å². The van der Waals surface area contributed by atoms with E-state index in [4.69, 9.17) is 0 Å². The van der Waals surface area contributed by atoms with Gasteiger partial charge in [-0.1, -0.05) is 31.2 Å². The van der Waals surface area contributed by atoms with E-state index < -0.39 is 23.6 Å². The Labute approximate surface area is 167 Å². The molecule has 0 bridgehead atoms. The van der Waals surface area contributed by atoms with Gasteiger partial charge in [0.2, 0.25) is 5.91 Å². The summed E-state index contributed by atoms with van der Waals surface area (Å²) in [4.78, 5) is 26.9. The lowest BCUT2D eigenvalue weighted by atomic mass is 9.96. The summed E-state index contributed by atoms with van der Waals surface area (Å²) in [7, 11) is 0. The van der Waals surface area contributed by atoms with E-state index in [1.165, 1.54) is 17.0 Å². The van der Waals surface area contributed by atoms with Crippen molar-refractivity contribution in [1.82, 2.24) is 4.90 Å². The van der Waals surface area contributed by atoms with Gasteiger partial charge in [-0.15, -0.1) is 0 Å². The van der Waals surface area contributed by atoms with Crippen LogP contribution in [0.4, 0.5) is 18.9 Å². The third kappa shape index (κ3) is 4.96. The summed E-state index contributed by atoms with van der Waals surface area (Å²) in [6, 6.07) is 11.9. The molecule has 29 heavy (non-hydrogen) atoms. The van der Waals surface area contributed by atoms with Crippen LogP contribution in [0, 0.1) is 5.92 Å². The van der Waals surface area contributed by atoms with E-state index in [1.807, 2.05) is 31.2 Å².